The van der Waals surface area contributed by atoms with E-state index in [0.29, 0.717) is 23.1 Å². The minimum atomic E-state index is 0.188. The van der Waals surface area contributed by atoms with Gasteiger partial charge in [0.1, 0.15) is 16.5 Å². The lowest BCUT2D eigenvalue weighted by Crippen LogP contribution is -1.99. The second-order valence-electron chi connectivity index (χ2n) is 8.14. The number of benzene rings is 2. The van der Waals surface area contributed by atoms with Gasteiger partial charge >= 0.3 is 0 Å². The van der Waals surface area contributed by atoms with Crippen molar-refractivity contribution in [1.29, 1.82) is 0 Å². The summed E-state index contributed by atoms with van der Waals surface area (Å²) in [7, 11) is 0. The highest BCUT2D eigenvalue weighted by Crippen LogP contribution is 2.34. The molecule has 0 unspecified atom stereocenters. The van der Waals surface area contributed by atoms with Gasteiger partial charge in [-0.3, -0.25) is 0 Å². The average molecular weight is 505 g/mol. The van der Waals surface area contributed by atoms with Crippen LogP contribution in [0.15, 0.2) is 84.5 Å². The summed E-state index contributed by atoms with van der Waals surface area (Å²) in [5.74, 6) is 1.90. The van der Waals surface area contributed by atoms with E-state index in [-0.39, 0.29) is 5.95 Å². The Labute approximate surface area is 216 Å². The molecule has 9 nitrogen and oxygen atoms in total. The van der Waals surface area contributed by atoms with Gasteiger partial charge in [-0.1, -0.05) is 24.3 Å². The summed E-state index contributed by atoms with van der Waals surface area (Å²) < 4.78 is 6.07. The van der Waals surface area contributed by atoms with E-state index >= 15 is 0 Å². The molecule has 6 aromatic rings. The molecule has 6 rings (SSSR count). The SMILES string of the molecule is Cc1csc(-c2nnc(Nc3ccc(Oc4ncccc4-c4ccnc(N)n4)cc3)c3ccccc23)n1. The van der Waals surface area contributed by atoms with E-state index in [1.807, 2.05) is 73.0 Å². The lowest BCUT2D eigenvalue weighted by Gasteiger charge is -2.12. The number of ether oxygens (including phenoxy) is 1. The van der Waals surface area contributed by atoms with Crippen LogP contribution in [0.3, 0.4) is 0 Å². The predicted octanol–water partition coefficient (Wildman–Crippen LogP) is 6.03. The number of hydrogen-bond acceptors (Lipinski definition) is 10. The van der Waals surface area contributed by atoms with Gasteiger partial charge in [0.25, 0.3) is 0 Å². The molecule has 180 valence electrons. The number of nitrogens with zero attached hydrogens (tertiary/aromatic N) is 6. The molecule has 0 amide bonds. The summed E-state index contributed by atoms with van der Waals surface area (Å²) in [6.45, 7) is 1.97. The minimum absolute atomic E-state index is 0.188. The maximum Gasteiger partial charge on any atom is 0.228 e. The quantitative estimate of drug-likeness (QED) is 0.279. The van der Waals surface area contributed by atoms with Crippen LogP contribution in [-0.4, -0.2) is 30.1 Å². The number of fused-ring (bicyclic) bond motifs is 1. The first kappa shape index (κ1) is 22.5. The number of thiazole rings is 1. The molecule has 0 atom stereocenters. The summed E-state index contributed by atoms with van der Waals surface area (Å²) in [5, 5.41) is 17.1. The number of rotatable bonds is 6. The highest BCUT2D eigenvalue weighted by Gasteiger charge is 2.14. The highest BCUT2D eigenvalue weighted by atomic mass is 32.1. The Hall–Kier alpha value is -4.96. The fourth-order valence-corrected chi connectivity index (χ4v) is 4.66. The first-order valence-electron chi connectivity index (χ1n) is 11.4. The lowest BCUT2D eigenvalue weighted by atomic mass is 10.1. The smallest absolute Gasteiger partial charge is 0.228 e. The Morgan fingerprint density at radius 2 is 1.68 bits per heavy atom. The maximum atomic E-state index is 6.07. The molecule has 4 aromatic heterocycles. The van der Waals surface area contributed by atoms with E-state index < -0.39 is 0 Å². The van der Waals surface area contributed by atoms with Gasteiger partial charge in [0.15, 0.2) is 5.82 Å². The number of aryl methyl sites for hydroxylation is 1. The summed E-state index contributed by atoms with van der Waals surface area (Å²) >= 11 is 1.56. The van der Waals surface area contributed by atoms with Gasteiger partial charge in [0.05, 0.1) is 11.3 Å². The Morgan fingerprint density at radius 1 is 0.838 bits per heavy atom. The zero-order chi connectivity index (χ0) is 25.2. The second kappa shape index (κ2) is 9.59. The number of nitrogens with two attached hydrogens (primary N) is 1. The topological polar surface area (TPSA) is 125 Å². The van der Waals surface area contributed by atoms with Crippen LogP contribution in [0.1, 0.15) is 5.69 Å². The zero-order valence-corrected chi connectivity index (χ0v) is 20.5. The van der Waals surface area contributed by atoms with E-state index in [9.17, 15) is 0 Å². The van der Waals surface area contributed by atoms with Gasteiger partial charge in [0.2, 0.25) is 11.8 Å². The molecule has 0 saturated carbocycles. The molecular formula is C27H20N8OS. The van der Waals surface area contributed by atoms with Crippen LogP contribution < -0.4 is 15.8 Å². The van der Waals surface area contributed by atoms with Crippen molar-refractivity contribution in [2.24, 2.45) is 0 Å². The number of anilines is 3. The van der Waals surface area contributed by atoms with Crippen molar-refractivity contribution in [3.8, 4) is 33.6 Å². The van der Waals surface area contributed by atoms with Gasteiger partial charge in [-0.15, -0.1) is 21.5 Å². The number of aromatic nitrogens is 6. The van der Waals surface area contributed by atoms with Gasteiger partial charge in [0, 0.05) is 39.9 Å². The third-order valence-electron chi connectivity index (χ3n) is 5.56. The molecule has 10 heteroatoms. The number of nitrogen functional groups attached to an aromatic ring is 1. The molecule has 0 saturated heterocycles. The average Bonchev–Trinajstić information content (AvgIpc) is 3.36. The van der Waals surface area contributed by atoms with Crippen LogP contribution in [0.2, 0.25) is 0 Å². The summed E-state index contributed by atoms with van der Waals surface area (Å²) in [5.41, 5.74) is 9.69. The minimum Gasteiger partial charge on any atom is -0.438 e. The number of hydrogen-bond donors (Lipinski definition) is 2. The third kappa shape index (κ3) is 4.65. The van der Waals surface area contributed by atoms with Crippen molar-refractivity contribution in [2.45, 2.75) is 6.92 Å². The molecule has 2 aromatic carbocycles. The van der Waals surface area contributed by atoms with Crippen LogP contribution in [0, 0.1) is 6.92 Å². The van der Waals surface area contributed by atoms with Crippen LogP contribution in [-0.2, 0) is 0 Å². The van der Waals surface area contributed by atoms with Crippen LogP contribution in [0.5, 0.6) is 11.6 Å². The zero-order valence-electron chi connectivity index (χ0n) is 19.7. The monoisotopic (exact) mass is 504 g/mol. The molecule has 37 heavy (non-hydrogen) atoms. The fraction of sp³-hybridized carbons (Fsp3) is 0.0370. The molecule has 0 spiro atoms. The normalized spacial score (nSPS) is 10.9. The molecule has 4 heterocycles. The van der Waals surface area contributed by atoms with Crippen molar-refractivity contribution < 1.29 is 4.74 Å². The van der Waals surface area contributed by atoms with E-state index in [1.165, 1.54) is 0 Å². The van der Waals surface area contributed by atoms with E-state index in [1.54, 1.807) is 29.8 Å². The van der Waals surface area contributed by atoms with Crippen molar-refractivity contribution >= 4 is 39.6 Å². The Morgan fingerprint density at radius 3 is 2.46 bits per heavy atom. The summed E-state index contributed by atoms with van der Waals surface area (Å²) in [6.07, 6.45) is 3.27. The predicted molar refractivity (Wildman–Crippen MR) is 145 cm³/mol. The van der Waals surface area contributed by atoms with Crippen molar-refractivity contribution in [3.63, 3.8) is 0 Å². The van der Waals surface area contributed by atoms with Crippen LogP contribution in [0.4, 0.5) is 17.5 Å². The van der Waals surface area contributed by atoms with Gasteiger partial charge in [-0.25, -0.2) is 19.9 Å². The lowest BCUT2D eigenvalue weighted by molar-refractivity contribution is 0.465. The van der Waals surface area contributed by atoms with Gasteiger partial charge in [-0.05, 0) is 49.4 Å². The standard InChI is InChI=1S/C27H20N8OS/c1-16-15-37-26(31-16)23-19-5-2-3-6-20(19)24(35-34-23)32-17-8-10-18(11-9-17)36-25-21(7-4-13-29-25)22-12-14-30-27(28)33-22/h2-15H,1H3,(H,32,35)(H2,28,30,33). The van der Waals surface area contributed by atoms with Crippen LogP contribution in [0.25, 0.3) is 32.7 Å². The molecule has 0 bridgehead atoms. The summed E-state index contributed by atoms with van der Waals surface area (Å²) in [4.78, 5) is 17.2. The van der Waals surface area contributed by atoms with Crippen molar-refractivity contribution in [3.05, 3.63) is 90.2 Å². The molecule has 0 aliphatic carbocycles. The Bertz CT molecular complexity index is 1720. The van der Waals surface area contributed by atoms with Crippen molar-refractivity contribution in [1.82, 2.24) is 30.1 Å². The Balaban J connectivity index is 1.26. The largest absolute Gasteiger partial charge is 0.438 e. The number of pyridine rings is 1. The highest BCUT2D eigenvalue weighted by molar-refractivity contribution is 7.13. The second-order valence-corrected chi connectivity index (χ2v) is 9.00. The molecular weight excluding hydrogens is 484 g/mol. The molecule has 0 aliphatic rings. The molecule has 0 fully saturated rings. The van der Waals surface area contributed by atoms with Crippen molar-refractivity contribution in [2.75, 3.05) is 11.1 Å². The summed E-state index contributed by atoms with van der Waals surface area (Å²) in [6, 6.07) is 21.0. The fourth-order valence-electron chi connectivity index (χ4n) is 3.86. The third-order valence-corrected chi connectivity index (χ3v) is 6.53. The number of nitrogens with one attached hydrogen (secondary N) is 1. The van der Waals surface area contributed by atoms with E-state index in [2.05, 4.69) is 35.5 Å². The van der Waals surface area contributed by atoms with Crippen LogP contribution >= 0.6 is 11.3 Å². The van der Waals surface area contributed by atoms with E-state index in [0.717, 1.165) is 38.4 Å². The Kier molecular flexibility index (Phi) is 5.83. The first-order chi connectivity index (χ1) is 18.1. The molecule has 0 aliphatic heterocycles. The molecule has 0 radical (unpaired) electrons. The van der Waals surface area contributed by atoms with Gasteiger partial charge < -0.3 is 15.8 Å². The first-order valence-corrected chi connectivity index (χ1v) is 12.3. The van der Waals surface area contributed by atoms with E-state index in [4.69, 9.17) is 10.5 Å². The van der Waals surface area contributed by atoms with Gasteiger partial charge in [-0.2, -0.15) is 0 Å². The molecule has 3 N–H and O–H groups in total. The maximum absolute atomic E-state index is 6.07.